The lowest BCUT2D eigenvalue weighted by atomic mass is 9.91. The Morgan fingerprint density at radius 2 is 2.09 bits per heavy atom. The molecule has 34 heavy (non-hydrogen) atoms. The summed E-state index contributed by atoms with van der Waals surface area (Å²) in [6.45, 7) is 9.85. The van der Waals surface area contributed by atoms with Crippen LogP contribution in [-0.4, -0.2) is 69.0 Å². The summed E-state index contributed by atoms with van der Waals surface area (Å²) in [7, 11) is 1.92. The number of hydrogen-bond donors (Lipinski definition) is 1. The van der Waals surface area contributed by atoms with Gasteiger partial charge in [-0.3, -0.25) is 14.4 Å². The number of alkyl halides is 2. The number of rotatable bonds is 7. The highest BCUT2D eigenvalue weighted by atomic mass is 19.3. The van der Waals surface area contributed by atoms with E-state index in [2.05, 4.69) is 32.4 Å². The van der Waals surface area contributed by atoms with Crippen molar-refractivity contribution in [2.45, 2.75) is 70.4 Å². The molecule has 0 bridgehead atoms. The second-order valence-electron chi connectivity index (χ2n) is 10.3. The Kier molecular flexibility index (Phi) is 6.74. The van der Waals surface area contributed by atoms with Gasteiger partial charge in [0.2, 0.25) is 5.91 Å². The number of nitrogens with one attached hydrogen (secondary N) is 1. The fraction of sp³-hybridized carbons (Fsp3) is 0.667. The van der Waals surface area contributed by atoms with E-state index in [1.807, 2.05) is 31.6 Å². The van der Waals surface area contributed by atoms with E-state index in [9.17, 15) is 13.6 Å². The van der Waals surface area contributed by atoms with Crippen molar-refractivity contribution in [2.24, 2.45) is 7.05 Å². The smallest absolute Gasteiger partial charge is 0.291 e. The second kappa shape index (κ2) is 9.30. The molecule has 0 unspecified atom stereocenters. The fourth-order valence-corrected chi connectivity index (χ4v) is 5.00. The van der Waals surface area contributed by atoms with Gasteiger partial charge in [-0.2, -0.15) is 19.0 Å². The molecule has 2 aliphatic heterocycles. The normalized spacial score (nSPS) is 22.7. The summed E-state index contributed by atoms with van der Waals surface area (Å²) in [5, 5.41) is 15.8. The molecule has 1 fully saturated rings. The first-order valence-corrected chi connectivity index (χ1v) is 12.0. The predicted octanol–water partition coefficient (Wildman–Crippen LogP) is 2.63. The van der Waals surface area contributed by atoms with Crippen molar-refractivity contribution in [1.29, 1.82) is 0 Å². The van der Waals surface area contributed by atoms with Crippen molar-refractivity contribution in [2.75, 3.05) is 31.1 Å². The van der Waals surface area contributed by atoms with Crippen molar-refractivity contribution >= 4 is 11.6 Å². The van der Waals surface area contributed by atoms with Crippen LogP contribution in [0.25, 0.3) is 0 Å². The van der Waals surface area contributed by atoms with Crippen LogP contribution in [0.1, 0.15) is 57.6 Å². The van der Waals surface area contributed by atoms with Crippen LogP contribution in [0.2, 0.25) is 0 Å². The van der Waals surface area contributed by atoms with Gasteiger partial charge in [0.1, 0.15) is 5.69 Å². The van der Waals surface area contributed by atoms with Gasteiger partial charge in [-0.1, -0.05) is 27.2 Å². The summed E-state index contributed by atoms with van der Waals surface area (Å²) in [5.74, 6) is -3.17. The van der Waals surface area contributed by atoms with Gasteiger partial charge in [-0.05, 0) is 19.1 Å². The number of nitrogens with zero attached hydrogens (tertiary/aromatic N) is 6. The third-order valence-electron chi connectivity index (χ3n) is 6.93. The molecule has 10 heteroatoms. The minimum absolute atomic E-state index is 0.103. The van der Waals surface area contributed by atoms with E-state index in [0.29, 0.717) is 24.3 Å². The van der Waals surface area contributed by atoms with E-state index in [-0.39, 0.29) is 36.7 Å². The highest BCUT2D eigenvalue weighted by Gasteiger charge is 2.43. The van der Waals surface area contributed by atoms with Crippen LogP contribution in [0.15, 0.2) is 18.3 Å². The van der Waals surface area contributed by atoms with Crippen LogP contribution in [-0.2, 0) is 29.6 Å². The fourth-order valence-electron chi connectivity index (χ4n) is 5.00. The number of hydrogen-bond acceptors (Lipinski definition) is 6. The zero-order valence-electron chi connectivity index (χ0n) is 20.7. The highest BCUT2D eigenvalue weighted by molar-refractivity contribution is 5.97. The topological polar surface area (TPSA) is 79.2 Å². The lowest BCUT2D eigenvalue weighted by Gasteiger charge is -2.39. The number of carbonyl (C=O) groups is 1. The van der Waals surface area contributed by atoms with Gasteiger partial charge in [0.25, 0.3) is 5.92 Å². The maximum Gasteiger partial charge on any atom is 0.291 e. The zero-order valence-corrected chi connectivity index (χ0v) is 20.7. The molecule has 2 aromatic heterocycles. The largest absolute Gasteiger partial charge is 0.311 e. The number of fused-ring (bicyclic) bond motifs is 1. The first-order valence-electron chi connectivity index (χ1n) is 12.0. The predicted molar refractivity (Wildman–Crippen MR) is 126 cm³/mol. The van der Waals surface area contributed by atoms with Crippen LogP contribution in [0.5, 0.6) is 0 Å². The maximum atomic E-state index is 14.6. The summed E-state index contributed by atoms with van der Waals surface area (Å²) in [4.78, 5) is 17.4. The Hall–Kier alpha value is -2.46. The highest BCUT2D eigenvalue weighted by Crippen LogP contribution is 2.41. The molecule has 0 saturated carbocycles. The first kappa shape index (κ1) is 24.7. The molecule has 8 nitrogen and oxygen atoms in total. The molecular formula is C24H35F2N7O. The summed E-state index contributed by atoms with van der Waals surface area (Å²) >= 11 is 0. The maximum absolute atomic E-state index is 14.6. The number of aromatic nitrogens is 4. The van der Waals surface area contributed by atoms with Crippen LogP contribution in [0.4, 0.5) is 14.5 Å². The van der Waals surface area contributed by atoms with Crippen LogP contribution in [0, 0.1) is 0 Å². The van der Waals surface area contributed by atoms with Crippen molar-refractivity contribution in [3.05, 3.63) is 35.4 Å². The molecule has 186 valence electrons. The standard InChI is InChI=1S/C24H35F2N7O/c1-6-8-24(25,26)20-11-19-22(30-29-20)23(3,4)15-33(19)21(34)14-32-13-16(2)27-12-18(32)10-17-7-9-28-31(17)5/h7,9,11,16,18,27H,6,8,10,12-15H2,1-5H3/t16-,18+/m1/s1. The molecule has 1 saturated heterocycles. The molecule has 2 aromatic rings. The molecule has 4 rings (SSSR count). The number of piperazine rings is 1. The molecule has 2 atom stereocenters. The third-order valence-corrected chi connectivity index (χ3v) is 6.93. The van der Waals surface area contributed by atoms with E-state index in [4.69, 9.17) is 0 Å². The van der Waals surface area contributed by atoms with Crippen molar-refractivity contribution in [3.63, 3.8) is 0 Å². The van der Waals surface area contributed by atoms with Gasteiger partial charge in [-0.25, -0.2) is 0 Å². The van der Waals surface area contributed by atoms with Crippen LogP contribution in [0.3, 0.4) is 0 Å². The molecule has 0 aromatic carbocycles. The quantitative estimate of drug-likeness (QED) is 0.663. The van der Waals surface area contributed by atoms with Crippen LogP contribution < -0.4 is 10.2 Å². The van der Waals surface area contributed by atoms with E-state index in [0.717, 1.165) is 25.2 Å². The number of carbonyl (C=O) groups excluding carboxylic acids is 1. The summed E-state index contributed by atoms with van der Waals surface area (Å²) in [6.07, 6.45) is 2.58. The molecular weight excluding hydrogens is 440 g/mol. The Labute approximate surface area is 199 Å². The Balaban J connectivity index is 1.57. The molecule has 1 amide bonds. The van der Waals surface area contributed by atoms with E-state index >= 15 is 0 Å². The lowest BCUT2D eigenvalue weighted by Crippen LogP contribution is -2.58. The average Bonchev–Trinajstić information content (AvgIpc) is 3.29. The minimum atomic E-state index is -3.07. The van der Waals surface area contributed by atoms with Gasteiger partial charge >= 0.3 is 0 Å². The van der Waals surface area contributed by atoms with Gasteiger partial charge < -0.3 is 10.2 Å². The minimum Gasteiger partial charge on any atom is -0.311 e. The summed E-state index contributed by atoms with van der Waals surface area (Å²) in [6, 6.07) is 3.75. The van der Waals surface area contributed by atoms with Gasteiger partial charge in [0, 0.05) is 68.9 Å². The van der Waals surface area contributed by atoms with E-state index in [1.165, 1.54) is 6.07 Å². The van der Waals surface area contributed by atoms with Crippen molar-refractivity contribution < 1.29 is 13.6 Å². The molecule has 4 heterocycles. The molecule has 1 N–H and O–H groups in total. The lowest BCUT2D eigenvalue weighted by molar-refractivity contribution is -0.120. The van der Waals surface area contributed by atoms with Crippen molar-refractivity contribution in [1.82, 2.24) is 30.2 Å². The van der Waals surface area contributed by atoms with Gasteiger partial charge in [0.15, 0.2) is 0 Å². The molecule has 0 aliphatic carbocycles. The number of halogens is 2. The molecule has 0 spiro atoms. The summed E-state index contributed by atoms with van der Waals surface area (Å²) < 4.78 is 31.0. The Bertz CT molecular complexity index is 1040. The summed E-state index contributed by atoms with van der Waals surface area (Å²) in [5.41, 5.74) is 1.33. The zero-order chi connectivity index (χ0) is 24.7. The van der Waals surface area contributed by atoms with Crippen LogP contribution >= 0.6 is 0 Å². The Morgan fingerprint density at radius 3 is 2.76 bits per heavy atom. The third kappa shape index (κ3) is 4.84. The second-order valence-corrected chi connectivity index (χ2v) is 10.3. The number of anilines is 1. The van der Waals surface area contributed by atoms with Gasteiger partial charge in [-0.15, -0.1) is 5.10 Å². The van der Waals surface area contributed by atoms with Gasteiger partial charge in [0.05, 0.1) is 17.9 Å². The number of aryl methyl sites for hydroxylation is 1. The molecule has 2 aliphatic rings. The van der Waals surface area contributed by atoms with Crippen molar-refractivity contribution in [3.8, 4) is 0 Å². The first-order chi connectivity index (χ1) is 16.0. The van der Waals surface area contributed by atoms with E-state index < -0.39 is 11.3 Å². The Morgan fingerprint density at radius 1 is 1.32 bits per heavy atom. The molecule has 0 radical (unpaired) electrons. The average molecular weight is 476 g/mol. The monoisotopic (exact) mass is 475 g/mol. The van der Waals surface area contributed by atoms with E-state index in [1.54, 1.807) is 18.0 Å². The SMILES string of the molecule is CCCC(F)(F)c1cc2c(nn1)C(C)(C)CN2C(=O)CN1C[C@@H](C)NC[C@@H]1Cc1ccnn1C. The number of amides is 1.